The summed E-state index contributed by atoms with van der Waals surface area (Å²) in [5.74, 6) is -0.0914. The molecule has 0 spiro atoms. The lowest BCUT2D eigenvalue weighted by Gasteiger charge is -2.40. The zero-order valence-electron chi connectivity index (χ0n) is 12.9. The van der Waals surface area contributed by atoms with Crippen LogP contribution in [0.5, 0.6) is 0 Å². The fourth-order valence-electron chi connectivity index (χ4n) is 2.66. The van der Waals surface area contributed by atoms with Gasteiger partial charge in [0, 0.05) is 30.7 Å². The SMILES string of the molecule is CC(C)(CNC(=O)c1ccc2n[nH]nc2c1)N1CCOCC1. The predicted octanol–water partition coefficient (Wildman–Crippen LogP) is 0.798. The number of H-pyrrole nitrogens is 1. The molecule has 0 aliphatic carbocycles. The van der Waals surface area contributed by atoms with Gasteiger partial charge >= 0.3 is 0 Å². The number of carbonyl (C=O) groups excluding carboxylic acids is 1. The molecule has 0 radical (unpaired) electrons. The zero-order chi connectivity index (χ0) is 15.6. The lowest BCUT2D eigenvalue weighted by atomic mass is 10.0. The quantitative estimate of drug-likeness (QED) is 0.873. The Labute approximate surface area is 129 Å². The van der Waals surface area contributed by atoms with Gasteiger partial charge in [0.25, 0.3) is 5.91 Å². The molecule has 0 bridgehead atoms. The van der Waals surface area contributed by atoms with Crippen molar-refractivity contribution in [1.29, 1.82) is 0 Å². The van der Waals surface area contributed by atoms with Crippen molar-refractivity contribution in [3.63, 3.8) is 0 Å². The molecule has 118 valence electrons. The minimum absolute atomic E-state index is 0.0914. The Hall–Kier alpha value is -1.99. The Morgan fingerprint density at radius 2 is 2.05 bits per heavy atom. The van der Waals surface area contributed by atoms with E-state index in [4.69, 9.17) is 4.74 Å². The average molecular weight is 303 g/mol. The molecule has 2 N–H and O–H groups in total. The van der Waals surface area contributed by atoms with Crippen molar-refractivity contribution in [2.75, 3.05) is 32.8 Å². The summed E-state index contributed by atoms with van der Waals surface area (Å²) in [6, 6.07) is 5.30. The van der Waals surface area contributed by atoms with Crippen LogP contribution in [0.4, 0.5) is 0 Å². The van der Waals surface area contributed by atoms with Gasteiger partial charge in [-0.15, -0.1) is 0 Å². The minimum Gasteiger partial charge on any atom is -0.379 e. The number of nitrogens with one attached hydrogen (secondary N) is 2. The molecule has 1 amide bonds. The first-order valence-corrected chi connectivity index (χ1v) is 7.48. The van der Waals surface area contributed by atoms with Crippen LogP contribution in [0.2, 0.25) is 0 Å². The molecule has 1 fully saturated rings. The largest absolute Gasteiger partial charge is 0.379 e. The van der Waals surface area contributed by atoms with Gasteiger partial charge in [-0.2, -0.15) is 15.4 Å². The van der Waals surface area contributed by atoms with E-state index in [0.29, 0.717) is 17.6 Å². The first-order valence-electron chi connectivity index (χ1n) is 7.48. The average Bonchev–Trinajstić information content (AvgIpc) is 3.01. The maximum absolute atomic E-state index is 12.3. The standard InChI is InChI=1S/C15H21N5O2/c1-15(2,20-5-7-22-8-6-20)10-16-14(21)11-3-4-12-13(9-11)18-19-17-12/h3-4,9H,5-8,10H2,1-2H3,(H,16,21)(H,17,18,19). The summed E-state index contributed by atoms with van der Waals surface area (Å²) in [5.41, 5.74) is 1.95. The number of amides is 1. The van der Waals surface area contributed by atoms with E-state index >= 15 is 0 Å². The zero-order valence-corrected chi connectivity index (χ0v) is 12.9. The minimum atomic E-state index is -0.0998. The third kappa shape index (κ3) is 3.10. The number of nitrogens with zero attached hydrogens (tertiary/aromatic N) is 3. The van der Waals surface area contributed by atoms with Crippen LogP contribution in [-0.4, -0.2) is 64.6 Å². The van der Waals surface area contributed by atoms with Gasteiger partial charge in [0.05, 0.1) is 13.2 Å². The number of aromatic nitrogens is 3. The Bertz CT molecular complexity index is 661. The number of carbonyl (C=O) groups is 1. The topological polar surface area (TPSA) is 83.1 Å². The Morgan fingerprint density at radius 1 is 1.32 bits per heavy atom. The van der Waals surface area contributed by atoms with Crippen molar-refractivity contribution in [3.8, 4) is 0 Å². The van der Waals surface area contributed by atoms with E-state index in [2.05, 4.69) is 39.5 Å². The van der Waals surface area contributed by atoms with Gasteiger partial charge in [-0.05, 0) is 32.0 Å². The molecular formula is C15H21N5O2. The fraction of sp³-hybridized carbons (Fsp3) is 0.533. The molecule has 7 nitrogen and oxygen atoms in total. The molecule has 1 aromatic carbocycles. The van der Waals surface area contributed by atoms with Gasteiger partial charge in [0.15, 0.2) is 0 Å². The highest BCUT2D eigenvalue weighted by Gasteiger charge is 2.28. The predicted molar refractivity (Wildman–Crippen MR) is 82.7 cm³/mol. The molecule has 0 unspecified atom stereocenters. The fourth-order valence-corrected chi connectivity index (χ4v) is 2.66. The summed E-state index contributed by atoms with van der Waals surface area (Å²) in [6.45, 7) is 8.16. The van der Waals surface area contributed by atoms with Crippen molar-refractivity contribution >= 4 is 16.9 Å². The van der Waals surface area contributed by atoms with E-state index in [1.165, 1.54) is 0 Å². The highest BCUT2D eigenvalue weighted by Crippen LogP contribution is 2.16. The molecule has 2 heterocycles. The van der Waals surface area contributed by atoms with Crippen molar-refractivity contribution in [2.45, 2.75) is 19.4 Å². The number of hydrogen-bond acceptors (Lipinski definition) is 5. The van der Waals surface area contributed by atoms with E-state index in [0.717, 1.165) is 31.8 Å². The number of aromatic amines is 1. The highest BCUT2D eigenvalue weighted by molar-refractivity contribution is 5.97. The van der Waals surface area contributed by atoms with Crippen LogP contribution in [-0.2, 0) is 4.74 Å². The third-order valence-electron chi connectivity index (χ3n) is 4.13. The van der Waals surface area contributed by atoms with Crippen LogP contribution >= 0.6 is 0 Å². The second kappa shape index (κ2) is 6.02. The lowest BCUT2D eigenvalue weighted by Crippen LogP contribution is -2.55. The molecule has 22 heavy (non-hydrogen) atoms. The molecule has 7 heteroatoms. The molecule has 1 aliphatic rings. The molecule has 3 rings (SSSR count). The van der Waals surface area contributed by atoms with Crippen molar-refractivity contribution in [2.24, 2.45) is 0 Å². The van der Waals surface area contributed by atoms with Crippen LogP contribution in [0.3, 0.4) is 0 Å². The molecular weight excluding hydrogens is 282 g/mol. The van der Waals surface area contributed by atoms with E-state index in [1.54, 1.807) is 18.2 Å². The molecule has 0 saturated carbocycles. The molecule has 1 saturated heterocycles. The maximum Gasteiger partial charge on any atom is 0.251 e. The van der Waals surface area contributed by atoms with E-state index in [-0.39, 0.29) is 11.4 Å². The Morgan fingerprint density at radius 3 is 2.82 bits per heavy atom. The van der Waals surface area contributed by atoms with E-state index in [1.807, 2.05) is 0 Å². The molecule has 0 atom stereocenters. The summed E-state index contributed by atoms with van der Waals surface area (Å²) in [5, 5.41) is 13.6. The number of rotatable bonds is 4. The summed E-state index contributed by atoms with van der Waals surface area (Å²) in [7, 11) is 0. The second-order valence-corrected chi connectivity index (χ2v) is 6.12. The number of benzene rings is 1. The van der Waals surface area contributed by atoms with Gasteiger partial charge in [0.1, 0.15) is 11.0 Å². The van der Waals surface area contributed by atoms with Crippen LogP contribution in [0.1, 0.15) is 24.2 Å². The van der Waals surface area contributed by atoms with E-state index < -0.39 is 0 Å². The monoisotopic (exact) mass is 303 g/mol. The van der Waals surface area contributed by atoms with E-state index in [9.17, 15) is 4.79 Å². The number of ether oxygens (including phenoxy) is 1. The second-order valence-electron chi connectivity index (χ2n) is 6.12. The van der Waals surface area contributed by atoms with Gasteiger partial charge in [-0.3, -0.25) is 9.69 Å². The highest BCUT2D eigenvalue weighted by atomic mass is 16.5. The normalized spacial score (nSPS) is 16.8. The summed E-state index contributed by atoms with van der Waals surface area (Å²) in [4.78, 5) is 14.7. The van der Waals surface area contributed by atoms with Crippen LogP contribution in [0.15, 0.2) is 18.2 Å². The van der Waals surface area contributed by atoms with Crippen LogP contribution in [0, 0.1) is 0 Å². The van der Waals surface area contributed by atoms with Crippen molar-refractivity contribution in [3.05, 3.63) is 23.8 Å². The van der Waals surface area contributed by atoms with Gasteiger partial charge in [-0.25, -0.2) is 0 Å². The molecule has 1 aromatic heterocycles. The smallest absolute Gasteiger partial charge is 0.251 e. The van der Waals surface area contributed by atoms with Gasteiger partial charge < -0.3 is 10.1 Å². The number of fused-ring (bicyclic) bond motifs is 1. The summed E-state index contributed by atoms with van der Waals surface area (Å²) in [6.07, 6.45) is 0. The van der Waals surface area contributed by atoms with Gasteiger partial charge in [0.2, 0.25) is 0 Å². The molecule has 2 aromatic rings. The van der Waals surface area contributed by atoms with Crippen molar-refractivity contribution in [1.82, 2.24) is 25.6 Å². The van der Waals surface area contributed by atoms with Gasteiger partial charge in [-0.1, -0.05) is 0 Å². The van der Waals surface area contributed by atoms with Crippen LogP contribution in [0.25, 0.3) is 11.0 Å². The number of hydrogen-bond donors (Lipinski definition) is 2. The van der Waals surface area contributed by atoms with Crippen LogP contribution < -0.4 is 5.32 Å². The first-order chi connectivity index (χ1) is 10.6. The first kappa shape index (κ1) is 14.9. The summed E-state index contributed by atoms with van der Waals surface area (Å²) >= 11 is 0. The lowest BCUT2D eigenvalue weighted by molar-refractivity contribution is -0.00923. The van der Waals surface area contributed by atoms with Crippen molar-refractivity contribution < 1.29 is 9.53 Å². The Balaban J connectivity index is 1.63. The summed E-state index contributed by atoms with van der Waals surface area (Å²) < 4.78 is 5.38. The Kier molecular flexibility index (Phi) is 4.08. The molecule has 1 aliphatic heterocycles. The number of morpholine rings is 1. The third-order valence-corrected chi connectivity index (χ3v) is 4.13. The maximum atomic E-state index is 12.3.